The predicted molar refractivity (Wildman–Crippen MR) is 104 cm³/mol. The van der Waals surface area contributed by atoms with E-state index < -0.39 is 10.0 Å². The zero-order valence-corrected chi connectivity index (χ0v) is 15.6. The quantitative estimate of drug-likeness (QED) is 0.555. The summed E-state index contributed by atoms with van der Waals surface area (Å²) in [6.45, 7) is 0. The molecule has 0 saturated heterocycles. The molecule has 0 amide bonds. The first-order valence-electron chi connectivity index (χ1n) is 8.24. The third-order valence-electron chi connectivity index (χ3n) is 4.13. The second kappa shape index (κ2) is 7.20. The molecule has 140 valence electrons. The van der Waals surface area contributed by atoms with Gasteiger partial charge in [-0.15, -0.1) is 0 Å². The molecule has 0 unspecified atom stereocenters. The fraction of sp³-hybridized carbons (Fsp3) is 0.0526. The molecule has 0 atom stereocenters. The van der Waals surface area contributed by atoms with Gasteiger partial charge in [0, 0.05) is 29.5 Å². The maximum absolute atomic E-state index is 12.7. The van der Waals surface area contributed by atoms with Crippen LogP contribution in [-0.2, 0) is 10.0 Å². The molecule has 4 aromatic rings. The monoisotopic (exact) mass is 393 g/mol. The molecule has 28 heavy (non-hydrogen) atoms. The number of sulfonamides is 1. The topological polar surface area (TPSA) is 107 Å². The summed E-state index contributed by atoms with van der Waals surface area (Å²) in [5.41, 5.74) is 1.46. The summed E-state index contributed by atoms with van der Waals surface area (Å²) in [7, 11) is -2.23. The van der Waals surface area contributed by atoms with Gasteiger partial charge in [-0.3, -0.25) is 14.7 Å². The molecule has 0 radical (unpaired) electrons. The van der Waals surface area contributed by atoms with Gasteiger partial charge in [0.25, 0.3) is 10.0 Å². The highest BCUT2D eigenvalue weighted by Gasteiger charge is 2.17. The Balaban J connectivity index is 1.79. The van der Waals surface area contributed by atoms with Crippen LogP contribution in [0.4, 0.5) is 5.82 Å². The van der Waals surface area contributed by atoms with E-state index >= 15 is 0 Å². The standard InChI is InChI=1S/C19H15N5O3S/c1-27-17-11-20-7-5-16(17)19-15-3-2-14(10-13(15)4-9-22-19)28(25,26)24-18-6-8-21-12-23-18/h2-12H,1H3,(H,21,23,24). The van der Waals surface area contributed by atoms with Crippen molar-refractivity contribution >= 4 is 26.6 Å². The summed E-state index contributed by atoms with van der Waals surface area (Å²) < 4.78 is 33.2. The van der Waals surface area contributed by atoms with Gasteiger partial charge in [-0.25, -0.2) is 18.4 Å². The van der Waals surface area contributed by atoms with Crippen LogP contribution in [0.3, 0.4) is 0 Å². The molecule has 3 heterocycles. The number of ether oxygens (including phenoxy) is 1. The lowest BCUT2D eigenvalue weighted by atomic mass is 10.0. The zero-order chi connectivity index (χ0) is 19.6. The van der Waals surface area contributed by atoms with Crippen LogP contribution in [0.2, 0.25) is 0 Å². The van der Waals surface area contributed by atoms with E-state index in [1.54, 1.807) is 43.9 Å². The summed E-state index contributed by atoms with van der Waals surface area (Å²) >= 11 is 0. The number of fused-ring (bicyclic) bond motifs is 1. The number of methoxy groups -OCH3 is 1. The van der Waals surface area contributed by atoms with Gasteiger partial charge in [-0.1, -0.05) is 6.07 Å². The third-order valence-corrected chi connectivity index (χ3v) is 5.48. The summed E-state index contributed by atoms with van der Waals surface area (Å²) in [6.07, 6.45) is 7.64. The number of pyridine rings is 2. The molecule has 0 aliphatic rings. The van der Waals surface area contributed by atoms with E-state index in [0.717, 1.165) is 16.3 Å². The minimum atomic E-state index is -3.79. The largest absolute Gasteiger partial charge is 0.494 e. The highest BCUT2D eigenvalue weighted by Crippen LogP contribution is 2.33. The molecule has 0 aliphatic heterocycles. The highest BCUT2D eigenvalue weighted by atomic mass is 32.2. The van der Waals surface area contributed by atoms with Crippen LogP contribution >= 0.6 is 0 Å². The number of hydrogen-bond donors (Lipinski definition) is 1. The van der Waals surface area contributed by atoms with Crippen molar-refractivity contribution in [1.82, 2.24) is 19.9 Å². The molecule has 3 aromatic heterocycles. The van der Waals surface area contributed by atoms with E-state index in [0.29, 0.717) is 11.4 Å². The maximum atomic E-state index is 12.7. The van der Waals surface area contributed by atoms with Gasteiger partial charge < -0.3 is 4.74 Å². The summed E-state index contributed by atoms with van der Waals surface area (Å²) in [6, 6.07) is 9.91. The van der Waals surface area contributed by atoms with E-state index in [1.807, 2.05) is 6.07 Å². The minimum Gasteiger partial charge on any atom is -0.494 e. The number of nitrogens with zero attached hydrogens (tertiary/aromatic N) is 4. The number of nitrogens with one attached hydrogen (secondary N) is 1. The first-order valence-corrected chi connectivity index (χ1v) is 9.73. The van der Waals surface area contributed by atoms with Crippen LogP contribution in [0.15, 0.2) is 72.4 Å². The normalized spacial score (nSPS) is 11.3. The lowest BCUT2D eigenvalue weighted by Crippen LogP contribution is -2.13. The summed E-state index contributed by atoms with van der Waals surface area (Å²) in [5.74, 6) is 0.789. The number of hydrogen-bond acceptors (Lipinski definition) is 7. The predicted octanol–water partition coefficient (Wildman–Crippen LogP) is 2.90. The zero-order valence-electron chi connectivity index (χ0n) is 14.8. The molecule has 0 aliphatic carbocycles. The van der Waals surface area contributed by atoms with Gasteiger partial charge in [-0.05, 0) is 35.7 Å². The Hall–Kier alpha value is -3.59. The Morgan fingerprint density at radius 2 is 1.82 bits per heavy atom. The average molecular weight is 393 g/mol. The Labute approximate surface area is 161 Å². The van der Waals surface area contributed by atoms with Gasteiger partial charge in [-0.2, -0.15) is 0 Å². The molecule has 0 bridgehead atoms. The molecular weight excluding hydrogens is 378 g/mol. The Kier molecular flexibility index (Phi) is 4.58. The van der Waals surface area contributed by atoms with Crippen LogP contribution in [-0.4, -0.2) is 35.5 Å². The number of anilines is 1. The molecule has 4 rings (SSSR count). The van der Waals surface area contributed by atoms with Gasteiger partial charge >= 0.3 is 0 Å². The second-order valence-corrected chi connectivity index (χ2v) is 7.50. The van der Waals surface area contributed by atoms with Gasteiger partial charge in [0.1, 0.15) is 17.9 Å². The van der Waals surface area contributed by atoms with Gasteiger partial charge in [0.15, 0.2) is 0 Å². The Morgan fingerprint density at radius 1 is 0.964 bits per heavy atom. The SMILES string of the molecule is COc1cnccc1-c1nccc2cc(S(=O)(=O)Nc3ccncn3)ccc12. The lowest BCUT2D eigenvalue weighted by molar-refractivity contribution is 0.414. The van der Waals surface area contributed by atoms with E-state index in [4.69, 9.17) is 4.74 Å². The minimum absolute atomic E-state index is 0.123. The summed E-state index contributed by atoms with van der Waals surface area (Å²) in [4.78, 5) is 16.3. The van der Waals surface area contributed by atoms with E-state index in [1.165, 1.54) is 24.7 Å². The smallest absolute Gasteiger partial charge is 0.263 e. The van der Waals surface area contributed by atoms with Gasteiger partial charge in [0.2, 0.25) is 0 Å². The number of benzene rings is 1. The van der Waals surface area contributed by atoms with Crippen molar-refractivity contribution in [1.29, 1.82) is 0 Å². The molecule has 8 nitrogen and oxygen atoms in total. The molecule has 0 saturated carbocycles. The van der Waals surface area contributed by atoms with E-state index in [9.17, 15) is 8.42 Å². The molecule has 1 aromatic carbocycles. The maximum Gasteiger partial charge on any atom is 0.263 e. The van der Waals surface area contributed by atoms with Crippen molar-refractivity contribution in [2.24, 2.45) is 0 Å². The first kappa shape index (κ1) is 17.8. The molecular formula is C19H15N5O3S. The summed E-state index contributed by atoms with van der Waals surface area (Å²) in [5, 5.41) is 1.53. The number of rotatable bonds is 5. The average Bonchev–Trinajstić information content (AvgIpc) is 2.73. The van der Waals surface area contributed by atoms with Crippen LogP contribution in [0.25, 0.3) is 22.0 Å². The van der Waals surface area contributed by atoms with E-state index in [2.05, 4.69) is 24.7 Å². The van der Waals surface area contributed by atoms with Crippen molar-refractivity contribution in [3.05, 3.63) is 67.5 Å². The van der Waals surface area contributed by atoms with E-state index in [-0.39, 0.29) is 10.7 Å². The number of aromatic nitrogens is 4. The second-order valence-electron chi connectivity index (χ2n) is 5.82. The fourth-order valence-corrected chi connectivity index (χ4v) is 3.87. The molecule has 1 N–H and O–H groups in total. The van der Waals surface area contributed by atoms with Crippen molar-refractivity contribution in [2.75, 3.05) is 11.8 Å². The van der Waals surface area contributed by atoms with Crippen molar-refractivity contribution in [2.45, 2.75) is 4.90 Å². The Morgan fingerprint density at radius 3 is 2.61 bits per heavy atom. The van der Waals surface area contributed by atoms with Crippen LogP contribution < -0.4 is 9.46 Å². The van der Waals surface area contributed by atoms with Crippen molar-refractivity contribution in [3.8, 4) is 17.0 Å². The molecule has 0 fully saturated rings. The van der Waals surface area contributed by atoms with Crippen molar-refractivity contribution < 1.29 is 13.2 Å². The van der Waals surface area contributed by atoms with Crippen LogP contribution in [0.1, 0.15) is 0 Å². The van der Waals surface area contributed by atoms with Crippen LogP contribution in [0, 0.1) is 0 Å². The lowest BCUT2D eigenvalue weighted by Gasteiger charge is -2.11. The fourth-order valence-electron chi connectivity index (χ4n) is 2.82. The third kappa shape index (κ3) is 3.35. The van der Waals surface area contributed by atoms with Gasteiger partial charge in [0.05, 0.1) is 23.9 Å². The Bertz CT molecular complexity index is 1250. The molecule has 9 heteroatoms. The highest BCUT2D eigenvalue weighted by molar-refractivity contribution is 7.92. The van der Waals surface area contributed by atoms with Crippen molar-refractivity contribution in [3.63, 3.8) is 0 Å². The molecule has 0 spiro atoms. The first-order chi connectivity index (χ1) is 13.6. The van der Waals surface area contributed by atoms with Crippen LogP contribution in [0.5, 0.6) is 5.75 Å².